The maximum Gasteiger partial charge on any atom is 0.332 e. The van der Waals surface area contributed by atoms with Crippen LogP contribution in [0.2, 0.25) is 5.02 Å². The van der Waals surface area contributed by atoms with E-state index in [0.29, 0.717) is 72.8 Å². The van der Waals surface area contributed by atoms with E-state index in [-0.39, 0.29) is 42.2 Å². The first kappa shape index (κ1) is 34.0. The lowest BCUT2D eigenvalue weighted by Crippen LogP contribution is -2.47. The lowest BCUT2D eigenvalue weighted by molar-refractivity contribution is -0.123. The Balaban J connectivity index is 0.951. The van der Waals surface area contributed by atoms with Gasteiger partial charge >= 0.3 is 6.03 Å². The van der Waals surface area contributed by atoms with Crippen LogP contribution in [0.5, 0.6) is 0 Å². The van der Waals surface area contributed by atoms with Gasteiger partial charge in [-0.2, -0.15) is 10.4 Å². The standard InChI is InChI=1S/C34H34ClN11O5/c1-4-44-27(47)17-43(31-32(44)41-24(16-37-31)22-6-7-23(40-20(22)3)30-38-18-39-42-30)11-12-50-13-14-51-26-9-10-45-29(26)33(48)46(34(45)49)25-8-5-21(15-36)28(35)19(25)2/h5-8,16,18,26,29H,4,9-14,17H2,1-3H3,(H,38,39,42)/t26?,29-/m0/s1. The van der Waals surface area contributed by atoms with E-state index in [1.54, 1.807) is 24.1 Å². The summed E-state index contributed by atoms with van der Waals surface area (Å²) in [5.74, 6) is 1.14. The number of fused-ring (bicyclic) bond motifs is 2. The van der Waals surface area contributed by atoms with Gasteiger partial charge in [-0.3, -0.25) is 19.6 Å². The number of urea groups is 1. The zero-order chi connectivity index (χ0) is 35.8. The molecule has 0 radical (unpaired) electrons. The van der Waals surface area contributed by atoms with E-state index >= 15 is 0 Å². The van der Waals surface area contributed by atoms with E-state index < -0.39 is 18.2 Å². The molecule has 0 saturated carbocycles. The Hall–Kier alpha value is -5.50. The second-order valence-corrected chi connectivity index (χ2v) is 12.6. The molecule has 17 heteroatoms. The van der Waals surface area contributed by atoms with Crippen molar-refractivity contribution in [3.8, 4) is 28.8 Å². The number of imide groups is 1. The fraction of sp³-hybridized carbons (Fsp3) is 0.382. The molecule has 2 saturated heterocycles. The molecule has 4 amide bonds. The minimum atomic E-state index is -0.752. The van der Waals surface area contributed by atoms with Crippen molar-refractivity contribution < 1.29 is 23.9 Å². The summed E-state index contributed by atoms with van der Waals surface area (Å²) in [4.78, 5) is 64.3. The van der Waals surface area contributed by atoms with E-state index in [0.717, 1.165) is 16.2 Å². The molecule has 16 nitrogen and oxygen atoms in total. The fourth-order valence-electron chi connectivity index (χ4n) is 6.71. The number of aromatic nitrogens is 6. The summed E-state index contributed by atoms with van der Waals surface area (Å²) in [5.41, 5.74) is 3.88. The van der Waals surface area contributed by atoms with Gasteiger partial charge in [0, 0.05) is 30.9 Å². The maximum absolute atomic E-state index is 13.5. The number of ether oxygens (including phenoxy) is 2. The number of nitriles is 1. The second-order valence-electron chi connectivity index (χ2n) is 12.2. The molecular weight excluding hydrogens is 678 g/mol. The number of anilines is 3. The van der Waals surface area contributed by atoms with Crippen LogP contribution in [-0.2, 0) is 19.1 Å². The van der Waals surface area contributed by atoms with Crippen LogP contribution >= 0.6 is 11.6 Å². The number of aromatic amines is 1. The molecule has 1 N–H and O–H groups in total. The molecule has 0 aliphatic carbocycles. The minimum absolute atomic E-state index is 0.0932. The van der Waals surface area contributed by atoms with Crippen LogP contribution in [0.4, 0.5) is 22.1 Å². The summed E-state index contributed by atoms with van der Waals surface area (Å²) < 4.78 is 11.9. The van der Waals surface area contributed by atoms with Crippen LogP contribution in [-0.4, -0.2) is 111 Å². The largest absolute Gasteiger partial charge is 0.377 e. The van der Waals surface area contributed by atoms with Crippen LogP contribution in [0.3, 0.4) is 0 Å². The van der Waals surface area contributed by atoms with E-state index in [1.165, 1.54) is 17.3 Å². The molecule has 2 fully saturated rings. The Morgan fingerprint density at radius 1 is 1.04 bits per heavy atom. The summed E-state index contributed by atoms with van der Waals surface area (Å²) in [5, 5.41) is 16.2. The zero-order valence-corrected chi connectivity index (χ0v) is 28.9. The Morgan fingerprint density at radius 3 is 2.63 bits per heavy atom. The first-order valence-electron chi connectivity index (χ1n) is 16.5. The zero-order valence-electron chi connectivity index (χ0n) is 28.2. The Labute approximate surface area is 298 Å². The van der Waals surface area contributed by atoms with Crippen molar-refractivity contribution in [2.24, 2.45) is 0 Å². The van der Waals surface area contributed by atoms with Crippen molar-refractivity contribution in [1.29, 1.82) is 5.26 Å². The number of aryl methyl sites for hydroxylation is 1. The predicted octanol–water partition coefficient (Wildman–Crippen LogP) is 3.28. The highest BCUT2D eigenvalue weighted by Gasteiger charge is 2.53. The minimum Gasteiger partial charge on any atom is -0.377 e. The highest BCUT2D eigenvalue weighted by molar-refractivity contribution is 6.33. The molecule has 3 aromatic heterocycles. The average Bonchev–Trinajstić information content (AvgIpc) is 3.87. The number of likely N-dealkylation sites (N-methyl/N-ethyl adjacent to an activating group) is 1. The summed E-state index contributed by atoms with van der Waals surface area (Å²) in [6, 6.07) is 7.63. The summed E-state index contributed by atoms with van der Waals surface area (Å²) in [6.45, 7) is 7.56. The molecule has 0 bridgehead atoms. The topological polar surface area (TPSA) is 187 Å². The quantitative estimate of drug-likeness (QED) is 0.177. The Bertz CT molecular complexity index is 2050. The first-order valence-corrected chi connectivity index (χ1v) is 16.9. The van der Waals surface area contributed by atoms with Gasteiger partial charge in [-0.1, -0.05) is 11.6 Å². The fourth-order valence-corrected chi connectivity index (χ4v) is 6.92. The summed E-state index contributed by atoms with van der Waals surface area (Å²) >= 11 is 6.32. The summed E-state index contributed by atoms with van der Waals surface area (Å²) in [6.07, 6.45) is 3.14. The molecule has 2 atom stereocenters. The van der Waals surface area contributed by atoms with Crippen LogP contribution in [0, 0.1) is 25.2 Å². The third-order valence-electron chi connectivity index (χ3n) is 9.29. The van der Waals surface area contributed by atoms with Crippen LogP contribution in [0.25, 0.3) is 22.8 Å². The SMILES string of the molecule is CCN1C(=O)CN(CCOCCOC2CCN3C(=O)N(c4ccc(C#N)c(Cl)c4C)C(=O)[C@H]23)c2ncc(-c3ccc(-c4ncn[nH]4)nc3C)nc21. The predicted molar refractivity (Wildman–Crippen MR) is 185 cm³/mol. The molecule has 4 aromatic rings. The van der Waals surface area contributed by atoms with Gasteiger partial charge in [0.1, 0.15) is 24.1 Å². The van der Waals surface area contributed by atoms with Crippen LogP contribution < -0.4 is 14.7 Å². The molecule has 3 aliphatic rings. The highest BCUT2D eigenvalue weighted by Crippen LogP contribution is 2.37. The molecule has 1 unspecified atom stereocenters. The van der Waals surface area contributed by atoms with E-state index in [4.69, 9.17) is 31.0 Å². The molecule has 0 spiro atoms. The van der Waals surface area contributed by atoms with E-state index in [9.17, 15) is 19.6 Å². The molecule has 6 heterocycles. The Morgan fingerprint density at radius 2 is 1.88 bits per heavy atom. The molecule has 7 rings (SSSR count). The molecule has 51 heavy (non-hydrogen) atoms. The smallest absolute Gasteiger partial charge is 0.332 e. The van der Waals surface area contributed by atoms with E-state index in [2.05, 4.69) is 20.2 Å². The number of nitrogens with one attached hydrogen (secondary N) is 1. The number of pyridine rings is 1. The number of rotatable bonds is 11. The van der Waals surface area contributed by atoms with Gasteiger partial charge < -0.3 is 19.3 Å². The monoisotopic (exact) mass is 711 g/mol. The van der Waals surface area contributed by atoms with Crippen molar-refractivity contribution in [2.75, 3.05) is 60.7 Å². The number of halogens is 1. The van der Waals surface area contributed by atoms with Crippen molar-refractivity contribution in [2.45, 2.75) is 39.3 Å². The number of carbonyl (C=O) groups excluding carboxylic acids is 3. The van der Waals surface area contributed by atoms with Gasteiger partial charge in [0.25, 0.3) is 5.91 Å². The number of hydrogen-bond donors (Lipinski definition) is 1. The number of amides is 4. The Kier molecular flexibility index (Phi) is 9.34. The lowest BCUT2D eigenvalue weighted by atomic mass is 10.1. The van der Waals surface area contributed by atoms with E-state index in [1.807, 2.05) is 36.9 Å². The van der Waals surface area contributed by atoms with Crippen molar-refractivity contribution in [1.82, 2.24) is 35.0 Å². The second kappa shape index (κ2) is 14.0. The molecular formula is C34H34ClN11O5. The molecule has 3 aliphatic heterocycles. The number of hydrogen-bond acceptors (Lipinski definition) is 12. The highest BCUT2D eigenvalue weighted by atomic mass is 35.5. The third kappa shape index (κ3) is 6.13. The van der Waals surface area contributed by atoms with Gasteiger partial charge in [0.2, 0.25) is 5.91 Å². The van der Waals surface area contributed by atoms with Gasteiger partial charge in [0.05, 0.1) is 60.6 Å². The number of carbonyl (C=O) groups is 3. The number of benzene rings is 1. The number of nitrogens with zero attached hydrogens (tertiary/aromatic N) is 10. The average molecular weight is 712 g/mol. The lowest BCUT2D eigenvalue weighted by Gasteiger charge is -2.35. The van der Waals surface area contributed by atoms with Crippen molar-refractivity contribution in [3.63, 3.8) is 0 Å². The van der Waals surface area contributed by atoms with Crippen LogP contribution in [0.1, 0.15) is 30.2 Å². The van der Waals surface area contributed by atoms with Gasteiger partial charge in [-0.05, 0) is 57.0 Å². The summed E-state index contributed by atoms with van der Waals surface area (Å²) in [7, 11) is 0. The van der Waals surface area contributed by atoms with Gasteiger partial charge in [0.15, 0.2) is 17.5 Å². The molecule has 1 aromatic carbocycles. The van der Waals surface area contributed by atoms with Crippen molar-refractivity contribution >= 4 is 46.8 Å². The van der Waals surface area contributed by atoms with Crippen LogP contribution in [0.15, 0.2) is 36.8 Å². The number of H-pyrrole nitrogens is 1. The third-order valence-corrected chi connectivity index (χ3v) is 9.78. The van der Waals surface area contributed by atoms with Crippen molar-refractivity contribution in [3.05, 3.63) is 58.6 Å². The normalized spacial score (nSPS) is 18.5. The maximum atomic E-state index is 13.5. The molecule has 262 valence electrons. The van der Waals surface area contributed by atoms with Gasteiger partial charge in [-0.15, -0.1) is 0 Å². The van der Waals surface area contributed by atoms with Gasteiger partial charge in [-0.25, -0.2) is 29.6 Å². The first-order chi connectivity index (χ1) is 24.7.